The molecule has 0 saturated heterocycles. The van der Waals surface area contributed by atoms with Gasteiger partial charge in [-0.15, -0.1) is 0 Å². The van der Waals surface area contributed by atoms with E-state index in [2.05, 4.69) is 47.7 Å². The summed E-state index contributed by atoms with van der Waals surface area (Å²) in [6, 6.07) is 8.36. The molecule has 1 aromatic heterocycles. The van der Waals surface area contributed by atoms with E-state index >= 15 is 0 Å². The SMILES string of the molecule is CC12CC(O)C3C(CC[C@@H]4C[C@H](O)CC[C@]34C)C1CC=C2n1cnc2ccccc21. The Morgan fingerprint density at radius 2 is 1.93 bits per heavy atom. The Labute approximate surface area is 179 Å². The Morgan fingerprint density at radius 1 is 1.10 bits per heavy atom. The highest BCUT2D eigenvalue weighted by molar-refractivity contribution is 5.80. The van der Waals surface area contributed by atoms with Gasteiger partial charge in [-0.1, -0.05) is 32.1 Å². The first-order valence-electron chi connectivity index (χ1n) is 11.9. The van der Waals surface area contributed by atoms with Crippen molar-refractivity contribution in [1.82, 2.24) is 9.55 Å². The predicted octanol–water partition coefficient (Wildman–Crippen LogP) is 4.86. The zero-order valence-corrected chi connectivity index (χ0v) is 18.2. The van der Waals surface area contributed by atoms with Gasteiger partial charge in [0.1, 0.15) is 6.33 Å². The van der Waals surface area contributed by atoms with E-state index in [4.69, 9.17) is 0 Å². The number of para-hydroxylation sites is 2. The Bertz CT molecular complexity index is 1010. The van der Waals surface area contributed by atoms with Crippen LogP contribution < -0.4 is 0 Å². The zero-order valence-electron chi connectivity index (χ0n) is 18.2. The van der Waals surface area contributed by atoms with E-state index in [0.29, 0.717) is 23.7 Å². The number of aliphatic hydroxyl groups excluding tert-OH is 2. The maximum Gasteiger partial charge on any atom is 0.100 e. The number of imidazole rings is 1. The van der Waals surface area contributed by atoms with Crippen LogP contribution in [0.5, 0.6) is 0 Å². The van der Waals surface area contributed by atoms with Gasteiger partial charge in [0.25, 0.3) is 0 Å². The summed E-state index contributed by atoms with van der Waals surface area (Å²) in [4.78, 5) is 4.64. The Hall–Kier alpha value is -1.65. The van der Waals surface area contributed by atoms with Gasteiger partial charge < -0.3 is 14.8 Å². The molecule has 6 rings (SSSR count). The van der Waals surface area contributed by atoms with E-state index in [1.165, 1.54) is 24.1 Å². The summed E-state index contributed by atoms with van der Waals surface area (Å²) < 4.78 is 2.28. The average molecular weight is 407 g/mol. The Kier molecular flexibility index (Phi) is 4.09. The molecule has 2 N–H and O–H groups in total. The van der Waals surface area contributed by atoms with Gasteiger partial charge in [-0.05, 0) is 86.2 Å². The molecule has 160 valence electrons. The molecule has 3 fully saturated rings. The molecule has 0 radical (unpaired) electrons. The van der Waals surface area contributed by atoms with Crippen LogP contribution in [0.25, 0.3) is 16.7 Å². The van der Waals surface area contributed by atoms with Crippen molar-refractivity contribution >= 4 is 16.7 Å². The van der Waals surface area contributed by atoms with Gasteiger partial charge in [-0.2, -0.15) is 0 Å². The lowest BCUT2D eigenvalue weighted by Crippen LogP contribution is -2.58. The molecule has 4 aliphatic rings. The molecule has 4 heteroatoms. The lowest BCUT2D eigenvalue weighted by molar-refractivity contribution is -0.166. The summed E-state index contributed by atoms with van der Waals surface area (Å²) in [5, 5.41) is 21.9. The van der Waals surface area contributed by atoms with Crippen molar-refractivity contribution in [3.63, 3.8) is 0 Å². The van der Waals surface area contributed by atoms with Crippen molar-refractivity contribution in [2.45, 2.75) is 71.0 Å². The van der Waals surface area contributed by atoms with Crippen LogP contribution in [-0.2, 0) is 0 Å². The second-order valence-corrected chi connectivity index (χ2v) is 11.1. The molecule has 4 aliphatic carbocycles. The van der Waals surface area contributed by atoms with Gasteiger partial charge in [0.2, 0.25) is 0 Å². The van der Waals surface area contributed by atoms with Crippen molar-refractivity contribution in [1.29, 1.82) is 0 Å². The minimum absolute atomic E-state index is 0.0125. The monoisotopic (exact) mass is 406 g/mol. The molecule has 0 spiro atoms. The summed E-state index contributed by atoms with van der Waals surface area (Å²) in [6.45, 7) is 4.82. The number of rotatable bonds is 1. The molecule has 1 heterocycles. The number of nitrogens with zero attached hydrogens (tertiary/aromatic N) is 2. The molecule has 3 saturated carbocycles. The topological polar surface area (TPSA) is 58.3 Å². The molecule has 8 atom stereocenters. The van der Waals surface area contributed by atoms with Crippen molar-refractivity contribution in [3.05, 3.63) is 36.7 Å². The van der Waals surface area contributed by atoms with Crippen molar-refractivity contribution < 1.29 is 10.2 Å². The van der Waals surface area contributed by atoms with Gasteiger partial charge in [0.15, 0.2) is 0 Å². The van der Waals surface area contributed by atoms with E-state index in [-0.39, 0.29) is 23.0 Å². The molecule has 5 unspecified atom stereocenters. The summed E-state index contributed by atoms with van der Waals surface area (Å²) in [5.41, 5.74) is 3.70. The second-order valence-electron chi connectivity index (χ2n) is 11.1. The first-order valence-corrected chi connectivity index (χ1v) is 11.9. The van der Waals surface area contributed by atoms with E-state index in [1.54, 1.807) is 0 Å². The minimum atomic E-state index is -0.268. The van der Waals surface area contributed by atoms with Gasteiger partial charge in [0, 0.05) is 11.1 Å². The normalized spacial score (nSPS) is 45.5. The third-order valence-corrected chi connectivity index (χ3v) is 9.82. The lowest BCUT2D eigenvalue weighted by atomic mass is 9.44. The lowest BCUT2D eigenvalue weighted by Gasteiger charge is -2.62. The largest absolute Gasteiger partial charge is 0.393 e. The first-order chi connectivity index (χ1) is 14.4. The highest BCUT2D eigenvalue weighted by Crippen LogP contribution is 2.67. The van der Waals surface area contributed by atoms with E-state index in [0.717, 1.165) is 37.6 Å². The zero-order chi connectivity index (χ0) is 20.7. The Morgan fingerprint density at radius 3 is 2.80 bits per heavy atom. The van der Waals surface area contributed by atoms with Crippen molar-refractivity contribution in [2.24, 2.45) is 34.5 Å². The van der Waals surface area contributed by atoms with E-state index in [1.807, 2.05) is 12.4 Å². The summed E-state index contributed by atoms with van der Waals surface area (Å²) in [6.07, 6.45) is 11.2. The number of hydrogen-bond acceptors (Lipinski definition) is 3. The number of aliphatic hydroxyl groups is 2. The fourth-order valence-corrected chi connectivity index (χ4v) is 8.43. The van der Waals surface area contributed by atoms with Crippen LogP contribution in [0, 0.1) is 34.5 Å². The fraction of sp³-hybridized carbons (Fsp3) is 0.654. The summed E-state index contributed by atoms with van der Waals surface area (Å²) in [7, 11) is 0. The van der Waals surface area contributed by atoms with Crippen LogP contribution in [0.1, 0.15) is 58.8 Å². The first kappa shape index (κ1) is 19.1. The molecule has 1 aromatic carbocycles. The van der Waals surface area contributed by atoms with Gasteiger partial charge in [0.05, 0.1) is 23.2 Å². The Balaban J connectivity index is 1.37. The number of benzene rings is 1. The quantitative estimate of drug-likeness (QED) is 0.711. The number of fused-ring (bicyclic) bond motifs is 6. The molecule has 2 aromatic rings. The number of hydrogen-bond donors (Lipinski definition) is 2. The standard InChI is InChI=1S/C26H34N2O2/c1-25-12-11-17(29)13-16(25)7-8-18-19-9-10-23(26(19,2)14-22(30)24(18)25)28-15-27-20-5-3-4-6-21(20)28/h3-6,10,15-19,22,24,29-30H,7-9,11-14H2,1-2H3/t16-,17-,18?,19?,22?,24?,25+,26?/m1/s1. The summed E-state index contributed by atoms with van der Waals surface area (Å²) in [5.74, 6) is 2.09. The van der Waals surface area contributed by atoms with E-state index in [9.17, 15) is 10.2 Å². The second kappa shape index (κ2) is 6.43. The van der Waals surface area contributed by atoms with Gasteiger partial charge in [-0.25, -0.2) is 4.98 Å². The molecule has 0 aliphatic heterocycles. The maximum absolute atomic E-state index is 11.6. The number of aromatic nitrogens is 2. The molecule has 0 bridgehead atoms. The van der Waals surface area contributed by atoms with E-state index < -0.39 is 0 Å². The molecule has 4 nitrogen and oxygen atoms in total. The predicted molar refractivity (Wildman–Crippen MR) is 119 cm³/mol. The summed E-state index contributed by atoms with van der Waals surface area (Å²) >= 11 is 0. The fourth-order valence-electron chi connectivity index (χ4n) is 8.43. The van der Waals surface area contributed by atoms with Crippen molar-refractivity contribution in [2.75, 3.05) is 0 Å². The van der Waals surface area contributed by atoms with Crippen LogP contribution in [0.4, 0.5) is 0 Å². The number of allylic oxidation sites excluding steroid dienone is 2. The molecular weight excluding hydrogens is 372 g/mol. The van der Waals surface area contributed by atoms with Crippen LogP contribution in [0.15, 0.2) is 36.7 Å². The highest BCUT2D eigenvalue weighted by atomic mass is 16.3. The van der Waals surface area contributed by atoms with Gasteiger partial charge >= 0.3 is 0 Å². The van der Waals surface area contributed by atoms with Gasteiger partial charge in [-0.3, -0.25) is 0 Å². The third kappa shape index (κ3) is 2.44. The average Bonchev–Trinajstić information content (AvgIpc) is 3.28. The van der Waals surface area contributed by atoms with Crippen LogP contribution in [-0.4, -0.2) is 32.0 Å². The van der Waals surface area contributed by atoms with Crippen molar-refractivity contribution in [3.8, 4) is 0 Å². The maximum atomic E-state index is 11.6. The smallest absolute Gasteiger partial charge is 0.100 e. The van der Waals surface area contributed by atoms with Crippen LogP contribution >= 0.6 is 0 Å². The molecule has 30 heavy (non-hydrogen) atoms. The van der Waals surface area contributed by atoms with Crippen LogP contribution in [0.3, 0.4) is 0 Å². The minimum Gasteiger partial charge on any atom is -0.393 e. The highest BCUT2D eigenvalue weighted by Gasteiger charge is 2.61. The molecular formula is C26H34N2O2. The van der Waals surface area contributed by atoms with Crippen LogP contribution in [0.2, 0.25) is 0 Å². The molecule has 0 amide bonds. The third-order valence-electron chi connectivity index (χ3n) is 9.82.